The molecular formula is C24H31N5O. The van der Waals surface area contributed by atoms with Gasteiger partial charge in [-0.15, -0.1) is 0 Å². The SMILES string of the molecule is CC(C)CCc1nc(C2CCOC2)n2c1CN(Cc1cccc3nccnc13)CC2. The summed E-state index contributed by atoms with van der Waals surface area (Å²) >= 11 is 0. The Hall–Kier alpha value is -2.31. The molecule has 0 N–H and O–H groups in total. The summed E-state index contributed by atoms with van der Waals surface area (Å²) in [6.07, 6.45) is 6.90. The summed E-state index contributed by atoms with van der Waals surface area (Å²) in [4.78, 5) is 16.8. The van der Waals surface area contributed by atoms with E-state index in [-0.39, 0.29) is 0 Å². The van der Waals surface area contributed by atoms with Crippen LogP contribution in [0, 0.1) is 5.92 Å². The monoisotopic (exact) mass is 405 g/mol. The molecule has 2 aromatic heterocycles. The van der Waals surface area contributed by atoms with Gasteiger partial charge in [-0.25, -0.2) is 4.98 Å². The highest BCUT2D eigenvalue weighted by molar-refractivity contribution is 5.77. The fraction of sp³-hybridized carbons (Fsp3) is 0.542. The Bertz CT molecular complexity index is 1020. The topological polar surface area (TPSA) is 56.1 Å². The number of hydrogen-bond acceptors (Lipinski definition) is 5. The molecule has 0 saturated carbocycles. The van der Waals surface area contributed by atoms with E-state index in [9.17, 15) is 0 Å². The smallest absolute Gasteiger partial charge is 0.114 e. The van der Waals surface area contributed by atoms with Crippen LogP contribution < -0.4 is 0 Å². The van der Waals surface area contributed by atoms with Crippen molar-refractivity contribution >= 4 is 11.0 Å². The summed E-state index contributed by atoms with van der Waals surface area (Å²) in [5.41, 5.74) is 5.95. The highest BCUT2D eigenvalue weighted by Crippen LogP contribution is 2.31. The van der Waals surface area contributed by atoms with E-state index in [4.69, 9.17) is 9.72 Å². The number of aromatic nitrogens is 4. The van der Waals surface area contributed by atoms with Crippen molar-refractivity contribution in [2.75, 3.05) is 19.8 Å². The van der Waals surface area contributed by atoms with Crippen LogP contribution in [0.25, 0.3) is 11.0 Å². The van der Waals surface area contributed by atoms with Crippen molar-refractivity contribution in [3.05, 3.63) is 53.4 Å². The molecule has 3 aromatic rings. The largest absolute Gasteiger partial charge is 0.381 e. The van der Waals surface area contributed by atoms with E-state index in [1.54, 1.807) is 12.4 Å². The Kier molecular flexibility index (Phi) is 5.52. The van der Waals surface area contributed by atoms with Crippen molar-refractivity contribution in [3.8, 4) is 0 Å². The molecule has 2 aliphatic heterocycles. The lowest BCUT2D eigenvalue weighted by molar-refractivity contribution is 0.190. The molecule has 1 aromatic carbocycles. The highest BCUT2D eigenvalue weighted by atomic mass is 16.5. The second-order valence-electron chi connectivity index (χ2n) is 9.06. The second kappa shape index (κ2) is 8.44. The predicted molar refractivity (Wildman–Crippen MR) is 117 cm³/mol. The maximum Gasteiger partial charge on any atom is 0.114 e. The molecule has 0 amide bonds. The third kappa shape index (κ3) is 3.86. The van der Waals surface area contributed by atoms with E-state index >= 15 is 0 Å². The molecule has 0 spiro atoms. The Morgan fingerprint density at radius 1 is 1.17 bits per heavy atom. The predicted octanol–water partition coefficient (Wildman–Crippen LogP) is 3.93. The number of nitrogens with zero attached hydrogens (tertiary/aromatic N) is 5. The minimum Gasteiger partial charge on any atom is -0.381 e. The number of benzene rings is 1. The van der Waals surface area contributed by atoms with Gasteiger partial charge < -0.3 is 9.30 Å². The van der Waals surface area contributed by atoms with Gasteiger partial charge in [-0.05, 0) is 36.8 Å². The van der Waals surface area contributed by atoms with Crippen molar-refractivity contribution in [1.29, 1.82) is 0 Å². The summed E-state index contributed by atoms with van der Waals surface area (Å²) in [5.74, 6) is 2.41. The Morgan fingerprint density at radius 3 is 2.90 bits per heavy atom. The van der Waals surface area contributed by atoms with Gasteiger partial charge >= 0.3 is 0 Å². The number of hydrogen-bond donors (Lipinski definition) is 0. The number of imidazole rings is 1. The van der Waals surface area contributed by atoms with Crippen LogP contribution in [-0.2, 0) is 30.8 Å². The first-order valence-corrected chi connectivity index (χ1v) is 11.3. The molecule has 2 aliphatic rings. The number of fused-ring (bicyclic) bond motifs is 2. The molecule has 6 nitrogen and oxygen atoms in total. The third-order valence-corrected chi connectivity index (χ3v) is 6.43. The normalized spacial score (nSPS) is 19.6. The maximum atomic E-state index is 5.67. The zero-order valence-corrected chi connectivity index (χ0v) is 18.0. The van der Waals surface area contributed by atoms with E-state index < -0.39 is 0 Å². The zero-order valence-electron chi connectivity index (χ0n) is 18.0. The standard InChI is InChI=1S/C24H31N5O/c1-17(2)6-7-20-22-15-28(11-12-29(22)24(27-20)19-8-13-30-16-19)14-18-4-3-5-21-23(18)26-10-9-25-21/h3-5,9-10,17,19H,6-8,11-16H2,1-2H3. The van der Waals surface area contributed by atoms with Gasteiger partial charge in [0.2, 0.25) is 0 Å². The fourth-order valence-corrected chi connectivity index (χ4v) is 4.75. The van der Waals surface area contributed by atoms with E-state index in [2.05, 4.69) is 45.4 Å². The van der Waals surface area contributed by atoms with E-state index in [1.807, 2.05) is 6.07 Å². The molecule has 1 saturated heterocycles. The number of aryl methyl sites for hydroxylation is 1. The third-order valence-electron chi connectivity index (χ3n) is 6.43. The molecule has 1 fully saturated rings. The van der Waals surface area contributed by atoms with Gasteiger partial charge in [-0.2, -0.15) is 0 Å². The number of rotatable bonds is 6. The van der Waals surface area contributed by atoms with Crippen LogP contribution in [-0.4, -0.2) is 44.2 Å². The van der Waals surface area contributed by atoms with E-state index in [1.165, 1.54) is 29.2 Å². The summed E-state index contributed by atoms with van der Waals surface area (Å²) in [6.45, 7) is 10.2. The first-order valence-electron chi connectivity index (χ1n) is 11.3. The first kappa shape index (κ1) is 19.6. The Morgan fingerprint density at radius 2 is 2.07 bits per heavy atom. The molecule has 5 rings (SSSR count). The van der Waals surface area contributed by atoms with Crippen molar-refractivity contribution < 1.29 is 4.74 Å². The van der Waals surface area contributed by atoms with E-state index in [0.717, 1.165) is 63.3 Å². The van der Waals surface area contributed by atoms with Crippen LogP contribution >= 0.6 is 0 Å². The number of para-hydroxylation sites is 1. The Balaban J connectivity index is 1.41. The lowest BCUT2D eigenvalue weighted by Gasteiger charge is -2.30. The molecule has 0 bridgehead atoms. The van der Waals surface area contributed by atoms with Crippen LogP contribution in [0.1, 0.15) is 55.4 Å². The molecule has 1 unspecified atom stereocenters. The van der Waals surface area contributed by atoms with Crippen molar-refractivity contribution in [1.82, 2.24) is 24.4 Å². The maximum absolute atomic E-state index is 5.67. The molecular weight excluding hydrogens is 374 g/mol. The lowest BCUT2D eigenvalue weighted by Crippen LogP contribution is -2.34. The molecule has 0 radical (unpaired) electrons. The van der Waals surface area contributed by atoms with Gasteiger partial charge in [0.1, 0.15) is 5.82 Å². The van der Waals surface area contributed by atoms with Crippen LogP contribution in [0.15, 0.2) is 30.6 Å². The molecule has 0 aliphatic carbocycles. The molecule has 158 valence electrons. The average molecular weight is 406 g/mol. The Labute approximate surface area is 178 Å². The van der Waals surface area contributed by atoms with Gasteiger partial charge in [-0.3, -0.25) is 14.9 Å². The quantitative estimate of drug-likeness (QED) is 0.622. The van der Waals surface area contributed by atoms with Crippen LogP contribution in [0.4, 0.5) is 0 Å². The van der Waals surface area contributed by atoms with Gasteiger partial charge in [0.05, 0.1) is 29.0 Å². The van der Waals surface area contributed by atoms with Crippen LogP contribution in [0.5, 0.6) is 0 Å². The molecule has 6 heteroatoms. The molecule has 30 heavy (non-hydrogen) atoms. The average Bonchev–Trinajstić information content (AvgIpc) is 3.40. The fourth-order valence-electron chi connectivity index (χ4n) is 4.75. The first-order chi connectivity index (χ1) is 14.7. The van der Waals surface area contributed by atoms with Gasteiger partial charge in [-0.1, -0.05) is 26.0 Å². The second-order valence-corrected chi connectivity index (χ2v) is 9.06. The summed E-state index contributed by atoms with van der Waals surface area (Å²) in [5, 5.41) is 0. The van der Waals surface area contributed by atoms with Crippen LogP contribution in [0.2, 0.25) is 0 Å². The van der Waals surface area contributed by atoms with Crippen LogP contribution in [0.3, 0.4) is 0 Å². The number of ether oxygens (including phenoxy) is 1. The summed E-state index contributed by atoms with van der Waals surface area (Å²) < 4.78 is 8.18. The summed E-state index contributed by atoms with van der Waals surface area (Å²) in [6, 6.07) is 6.31. The summed E-state index contributed by atoms with van der Waals surface area (Å²) in [7, 11) is 0. The lowest BCUT2D eigenvalue weighted by atomic mass is 10.0. The van der Waals surface area contributed by atoms with Gasteiger partial charge in [0.15, 0.2) is 0 Å². The molecule has 4 heterocycles. The zero-order chi connectivity index (χ0) is 20.5. The highest BCUT2D eigenvalue weighted by Gasteiger charge is 2.29. The van der Waals surface area contributed by atoms with Crippen molar-refractivity contribution in [2.24, 2.45) is 5.92 Å². The van der Waals surface area contributed by atoms with E-state index in [0.29, 0.717) is 11.8 Å². The van der Waals surface area contributed by atoms with Crippen molar-refractivity contribution in [2.45, 2.75) is 58.7 Å². The van der Waals surface area contributed by atoms with Crippen molar-refractivity contribution in [3.63, 3.8) is 0 Å². The minimum absolute atomic E-state index is 0.455. The minimum atomic E-state index is 0.455. The van der Waals surface area contributed by atoms with Gasteiger partial charge in [0, 0.05) is 51.1 Å². The molecule has 1 atom stereocenters. The van der Waals surface area contributed by atoms with Gasteiger partial charge in [0.25, 0.3) is 0 Å².